The summed E-state index contributed by atoms with van der Waals surface area (Å²) in [6, 6.07) is 4.75. The van der Waals surface area contributed by atoms with Crippen LogP contribution in [0.1, 0.15) is 18.4 Å². The van der Waals surface area contributed by atoms with Crippen LogP contribution in [0, 0.1) is 23.7 Å². The van der Waals surface area contributed by atoms with E-state index in [1.807, 2.05) is 6.08 Å². The zero-order valence-corrected chi connectivity index (χ0v) is 21.1. The van der Waals surface area contributed by atoms with Gasteiger partial charge in [-0.05, 0) is 58.5 Å². The molecule has 1 aromatic rings. The number of ether oxygens (including phenoxy) is 2. The van der Waals surface area contributed by atoms with E-state index in [2.05, 4.69) is 20.7 Å². The minimum atomic E-state index is -1.03. The number of rotatable bonds is 1. The van der Waals surface area contributed by atoms with Gasteiger partial charge in [0.2, 0.25) is 11.8 Å². The van der Waals surface area contributed by atoms with Crippen LogP contribution < -0.4 is 4.74 Å². The molecule has 2 aliphatic heterocycles. The van der Waals surface area contributed by atoms with Crippen molar-refractivity contribution in [2.24, 2.45) is 23.7 Å². The molecule has 4 unspecified atom stereocenters. The molecular weight excluding hydrogens is 546 g/mol. The molecule has 0 saturated carbocycles. The summed E-state index contributed by atoms with van der Waals surface area (Å²) >= 11 is 3.19. The Kier molecular flexibility index (Phi) is 5.34. The number of amides is 3. The Morgan fingerprint density at radius 3 is 2.70 bits per heavy atom. The van der Waals surface area contributed by atoms with Gasteiger partial charge in [0.1, 0.15) is 11.5 Å². The fourth-order valence-electron chi connectivity index (χ4n) is 6.29. The van der Waals surface area contributed by atoms with Gasteiger partial charge in [-0.25, -0.2) is 4.79 Å². The van der Waals surface area contributed by atoms with Crippen molar-refractivity contribution in [1.29, 1.82) is 0 Å². The van der Waals surface area contributed by atoms with E-state index < -0.39 is 41.6 Å². The molecule has 37 heavy (non-hydrogen) atoms. The molecule has 10 heteroatoms. The molecule has 1 fully saturated rings. The SMILES string of the molecule is COC(=O)N1C(=O)C2CC=C3C(C4=COc5ccc(O)cc5C4)C4=C(CC3C2C1=O)C(=O)C(Br)=CC4=O. The first-order valence-corrected chi connectivity index (χ1v) is 12.5. The molecule has 5 aliphatic rings. The molecule has 0 aromatic heterocycles. The van der Waals surface area contributed by atoms with E-state index in [-0.39, 0.29) is 40.2 Å². The number of carbonyl (C=O) groups excluding carboxylic acids is 5. The second-order valence-electron chi connectivity index (χ2n) is 9.65. The van der Waals surface area contributed by atoms with Crippen LogP contribution >= 0.6 is 15.9 Å². The van der Waals surface area contributed by atoms with E-state index in [0.29, 0.717) is 33.8 Å². The first-order chi connectivity index (χ1) is 17.7. The summed E-state index contributed by atoms with van der Waals surface area (Å²) in [4.78, 5) is 65.7. The minimum Gasteiger partial charge on any atom is -0.508 e. The second-order valence-corrected chi connectivity index (χ2v) is 10.5. The highest BCUT2D eigenvalue weighted by Gasteiger charge is 2.58. The molecule has 188 valence electrons. The van der Waals surface area contributed by atoms with Crippen LogP contribution in [0.5, 0.6) is 11.5 Å². The molecular formula is C27H20BrNO8. The molecule has 3 amide bonds. The molecule has 6 rings (SSSR count). The lowest BCUT2D eigenvalue weighted by molar-refractivity contribution is -0.137. The van der Waals surface area contributed by atoms with Crippen LogP contribution in [0.3, 0.4) is 0 Å². The molecule has 3 aliphatic carbocycles. The fraction of sp³-hybridized carbons (Fsp3) is 0.296. The van der Waals surface area contributed by atoms with Crippen LogP contribution in [-0.2, 0) is 30.3 Å². The highest BCUT2D eigenvalue weighted by atomic mass is 79.9. The van der Waals surface area contributed by atoms with Gasteiger partial charge in [-0.1, -0.05) is 11.6 Å². The van der Waals surface area contributed by atoms with E-state index in [1.54, 1.807) is 18.4 Å². The Hall–Kier alpha value is -3.79. The summed E-state index contributed by atoms with van der Waals surface area (Å²) < 4.78 is 10.6. The zero-order chi connectivity index (χ0) is 26.2. The number of allylic oxidation sites excluding steroid dienone is 7. The lowest BCUT2D eigenvalue weighted by atomic mass is 9.59. The van der Waals surface area contributed by atoms with E-state index in [0.717, 1.165) is 12.7 Å². The lowest BCUT2D eigenvalue weighted by Crippen LogP contribution is -2.41. The summed E-state index contributed by atoms with van der Waals surface area (Å²) in [6.07, 6.45) is 4.28. The normalized spacial score (nSPS) is 28.4. The number of hydrogen-bond acceptors (Lipinski definition) is 8. The number of likely N-dealkylation sites (tertiary alicyclic amines) is 1. The molecule has 2 heterocycles. The third kappa shape index (κ3) is 3.38. The molecule has 1 saturated heterocycles. The van der Waals surface area contributed by atoms with Crippen LogP contribution in [0.2, 0.25) is 0 Å². The van der Waals surface area contributed by atoms with Gasteiger partial charge in [0.25, 0.3) is 0 Å². The van der Waals surface area contributed by atoms with Crippen molar-refractivity contribution in [3.63, 3.8) is 0 Å². The van der Waals surface area contributed by atoms with Gasteiger partial charge in [-0.15, -0.1) is 0 Å². The number of aromatic hydroxyl groups is 1. The third-order valence-electron chi connectivity index (χ3n) is 7.84. The largest absolute Gasteiger partial charge is 0.508 e. The maximum atomic E-state index is 13.4. The van der Waals surface area contributed by atoms with E-state index in [1.165, 1.54) is 12.1 Å². The average molecular weight is 566 g/mol. The number of ketones is 2. The van der Waals surface area contributed by atoms with Crippen LogP contribution in [0.25, 0.3) is 0 Å². The topological polar surface area (TPSA) is 127 Å². The number of hydrogen-bond donors (Lipinski definition) is 1. The van der Waals surface area contributed by atoms with Crippen molar-refractivity contribution >= 4 is 45.4 Å². The first-order valence-electron chi connectivity index (χ1n) is 11.7. The predicted molar refractivity (Wildman–Crippen MR) is 130 cm³/mol. The van der Waals surface area contributed by atoms with Crippen LogP contribution in [0.15, 0.2) is 63.4 Å². The molecule has 1 aromatic carbocycles. The lowest BCUT2D eigenvalue weighted by Gasteiger charge is -2.43. The number of carbonyl (C=O) groups is 5. The van der Waals surface area contributed by atoms with Crippen LogP contribution in [0.4, 0.5) is 4.79 Å². The predicted octanol–water partition coefficient (Wildman–Crippen LogP) is 3.27. The number of methoxy groups -OCH3 is 1. The fourth-order valence-corrected chi connectivity index (χ4v) is 6.73. The summed E-state index contributed by atoms with van der Waals surface area (Å²) in [5.74, 6) is -4.16. The van der Waals surface area contributed by atoms with Gasteiger partial charge in [-0.2, -0.15) is 4.90 Å². The number of fused-ring (bicyclic) bond motifs is 4. The molecule has 4 atom stereocenters. The third-order valence-corrected chi connectivity index (χ3v) is 8.42. The summed E-state index contributed by atoms with van der Waals surface area (Å²) in [7, 11) is 1.10. The number of phenols is 1. The smallest absolute Gasteiger partial charge is 0.423 e. The Bertz CT molecular complexity index is 1460. The number of halogens is 1. The number of imide groups is 3. The van der Waals surface area contributed by atoms with Crippen molar-refractivity contribution in [2.45, 2.75) is 19.3 Å². The van der Waals surface area contributed by atoms with Crippen molar-refractivity contribution in [1.82, 2.24) is 4.90 Å². The average Bonchev–Trinajstić information content (AvgIpc) is 3.14. The highest BCUT2D eigenvalue weighted by molar-refractivity contribution is 9.12. The van der Waals surface area contributed by atoms with Gasteiger partial charge in [0.15, 0.2) is 11.6 Å². The highest BCUT2D eigenvalue weighted by Crippen LogP contribution is 2.55. The minimum absolute atomic E-state index is 0.0681. The van der Waals surface area contributed by atoms with E-state index in [4.69, 9.17) is 4.74 Å². The van der Waals surface area contributed by atoms with Gasteiger partial charge in [0, 0.05) is 35.1 Å². The molecule has 9 nitrogen and oxygen atoms in total. The summed E-state index contributed by atoms with van der Waals surface area (Å²) in [6.45, 7) is 0. The monoisotopic (exact) mass is 565 g/mol. The second kappa shape index (κ2) is 8.37. The quantitative estimate of drug-likeness (QED) is 0.312. The van der Waals surface area contributed by atoms with Gasteiger partial charge in [-0.3, -0.25) is 19.2 Å². The van der Waals surface area contributed by atoms with E-state index in [9.17, 15) is 29.1 Å². The Morgan fingerprint density at radius 2 is 1.95 bits per heavy atom. The maximum Gasteiger partial charge on any atom is 0.423 e. The maximum absolute atomic E-state index is 13.4. The molecule has 0 radical (unpaired) electrons. The molecule has 1 N–H and O–H groups in total. The number of nitrogens with zero attached hydrogens (tertiary/aromatic N) is 1. The van der Waals surface area contributed by atoms with Gasteiger partial charge < -0.3 is 14.6 Å². The van der Waals surface area contributed by atoms with Crippen molar-refractivity contribution in [3.8, 4) is 11.5 Å². The first kappa shape index (κ1) is 23.6. The zero-order valence-electron chi connectivity index (χ0n) is 19.5. The standard InChI is InChI=1S/C27H20BrNO8/c1-36-27(35)29-25(33)15-4-3-14-16(22(15)26(29)34)8-17-23(19(31)9-18(28)24(17)32)21(14)12-6-11-7-13(30)2-5-20(11)37-10-12/h2-3,5,7,9-10,15-16,21-22,30H,4,6,8H2,1H3. The van der Waals surface area contributed by atoms with Crippen molar-refractivity contribution < 1.29 is 38.6 Å². The Balaban J connectivity index is 1.48. The van der Waals surface area contributed by atoms with Crippen molar-refractivity contribution in [3.05, 3.63) is 69.0 Å². The van der Waals surface area contributed by atoms with Crippen LogP contribution in [-0.4, -0.2) is 46.6 Å². The Labute approximate surface area is 219 Å². The number of benzene rings is 1. The van der Waals surface area contributed by atoms with E-state index >= 15 is 0 Å². The Morgan fingerprint density at radius 1 is 1.16 bits per heavy atom. The molecule has 0 spiro atoms. The van der Waals surface area contributed by atoms with Crippen molar-refractivity contribution in [2.75, 3.05) is 7.11 Å². The number of Topliss-reactive ketones (excluding diaryl/α,β-unsaturated/α-hetero) is 1. The van der Waals surface area contributed by atoms with Gasteiger partial charge >= 0.3 is 6.09 Å². The number of phenolic OH excluding ortho intramolecular Hbond substituents is 1. The molecule has 0 bridgehead atoms. The summed E-state index contributed by atoms with van der Waals surface area (Å²) in [5.41, 5.74) is 2.76. The van der Waals surface area contributed by atoms with Gasteiger partial charge in [0.05, 0.1) is 29.7 Å². The summed E-state index contributed by atoms with van der Waals surface area (Å²) in [5, 5.41) is 9.99.